The molecule has 0 saturated carbocycles. The first-order valence-electron chi connectivity index (χ1n) is 8.00. The van der Waals surface area contributed by atoms with E-state index in [-0.39, 0.29) is 0 Å². The van der Waals surface area contributed by atoms with Crippen molar-refractivity contribution in [3.05, 3.63) is 90.5 Å². The van der Waals surface area contributed by atoms with E-state index in [0.717, 1.165) is 28.1 Å². The molecule has 0 amide bonds. The number of hydrogen-bond donors (Lipinski definition) is 0. The predicted octanol–water partition coefficient (Wildman–Crippen LogP) is 5.98. The second-order valence-electron chi connectivity index (χ2n) is 5.79. The summed E-state index contributed by atoms with van der Waals surface area (Å²) in [5, 5.41) is 0. The highest BCUT2D eigenvalue weighted by Crippen LogP contribution is 2.35. The van der Waals surface area contributed by atoms with Gasteiger partial charge in [0.15, 0.2) is 5.76 Å². The molecule has 1 aromatic heterocycles. The Labute approximate surface area is 141 Å². The first-order chi connectivity index (χ1) is 11.8. The molecule has 24 heavy (non-hydrogen) atoms. The highest BCUT2D eigenvalue weighted by molar-refractivity contribution is 5.79. The standard InChI is InChI=1S/C22H17NO/c1-16-12-14-17(15-13-16)20-21(18-8-4-2-5-9-18)24-22(23-20)19-10-6-3-7-11-19/h2-15H,1H3. The molecule has 4 rings (SSSR count). The molecule has 0 unspecified atom stereocenters. The zero-order valence-corrected chi connectivity index (χ0v) is 13.4. The fourth-order valence-electron chi connectivity index (χ4n) is 2.72. The third-order valence-electron chi connectivity index (χ3n) is 4.01. The first kappa shape index (κ1) is 14.5. The second-order valence-corrected chi connectivity index (χ2v) is 5.79. The van der Waals surface area contributed by atoms with E-state index in [1.165, 1.54) is 5.56 Å². The zero-order valence-electron chi connectivity index (χ0n) is 13.4. The van der Waals surface area contributed by atoms with E-state index in [1.807, 2.05) is 60.7 Å². The lowest BCUT2D eigenvalue weighted by molar-refractivity contribution is 0.589. The molecular weight excluding hydrogens is 294 g/mol. The SMILES string of the molecule is Cc1ccc(-c2nc(-c3ccccc3)oc2-c2ccccc2)cc1. The van der Waals surface area contributed by atoms with Gasteiger partial charge >= 0.3 is 0 Å². The molecule has 1 heterocycles. The van der Waals surface area contributed by atoms with E-state index >= 15 is 0 Å². The van der Waals surface area contributed by atoms with Gasteiger partial charge in [-0.05, 0) is 19.1 Å². The Morgan fingerprint density at radius 3 is 1.83 bits per heavy atom. The summed E-state index contributed by atoms with van der Waals surface area (Å²) in [6.07, 6.45) is 0. The van der Waals surface area contributed by atoms with Crippen molar-refractivity contribution in [3.63, 3.8) is 0 Å². The number of aryl methyl sites for hydroxylation is 1. The Morgan fingerprint density at radius 1 is 0.625 bits per heavy atom. The van der Waals surface area contributed by atoms with Crippen LogP contribution < -0.4 is 0 Å². The van der Waals surface area contributed by atoms with E-state index in [2.05, 4.69) is 31.2 Å². The van der Waals surface area contributed by atoms with Crippen LogP contribution >= 0.6 is 0 Å². The van der Waals surface area contributed by atoms with E-state index < -0.39 is 0 Å². The van der Waals surface area contributed by atoms with Crippen LogP contribution in [0, 0.1) is 6.92 Å². The van der Waals surface area contributed by atoms with Gasteiger partial charge in [-0.3, -0.25) is 0 Å². The van der Waals surface area contributed by atoms with Crippen molar-refractivity contribution in [1.82, 2.24) is 4.98 Å². The average Bonchev–Trinajstić information content (AvgIpc) is 3.09. The molecule has 0 fully saturated rings. The van der Waals surface area contributed by atoms with Gasteiger partial charge in [-0.1, -0.05) is 78.4 Å². The Morgan fingerprint density at radius 2 is 1.21 bits per heavy atom. The van der Waals surface area contributed by atoms with Crippen LogP contribution in [0.5, 0.6) is 0 Å². The van der Waals surface area contributed by atoms with Crippen molar-refractivity contribution in [2.24, 2.45) is 0 Å². The van der Waals surface area contributed by atoms with Crippen molar-refractivity contribution < 1.29 is 4.42 Å². The molecule has 0 aliphatic rings. The van der Waals surface area contributed by atoms with Gasteiger partial charge in [0.25, 0.3) is 0 Å². The minimum absolute atomic E-state index is 0.644. The zero-order chi connectivity index (χ0) is 16.4. The van der Waals surface area contributed by atoms with Gasteiger partial charge in [-0.25, -0.2) is 4.98 Å². The summed E-state index contributed by atoms with van der Waals surface area (Å²) in [6, 6.07) is 28.5. The van der Waals surface area contributed by atoms with Crippen LogP contribution in [0.25, 0.3) is 34.0 Å². The van der Waals surface area contributed by atoms with E-state index in [1.54, 1.807) is 0 Å². The number of benzene rings is 3. The molecule has 0 atom stereocenters. The molecule has 2 heteroatoms. The minimum atomic E-state index is 0.644. The lowest BCUT2D eigenvalue weighted by atomic mass is 10.0. The molecule has 0 spiro atoms. The van der Waals surface area contributed by atoms with Crippen molar-refractivity contribution in [3.8, 4) is 34.0 Å². The van der Waals surface area contributed by atoms with Crippen molar-refractivity contribution >= 4 is 0 Å². The van der Waals surface area contributed by atoms with Gasteiger partial charge in [0.05, 0.1) is 0 Å². The maximum atomic E-state index is 6.16. The van der Waals surface area contributed by atoms with Crippen molar-refractivity contribution in [2.75, 3.05) is 0 Å². The maximum Gasteiger partial charge on any atom is 0.227 e. The number of aromatic nitrogens is 1. The lowest BCUT2D eigenvalue weighted by Gasteiger charge is -2.02. The summed E-state index contributed by atoms with van der Waals surface area (Å²) in [5.41, 5.74) is 5.17. The molecule has 0 N–H and O–H groups in total. The topological polar surface area (TPSA) is 26.0 Å². The maximum absolute atomic E-state index is 6.16. The smallest absolute Gasteiger partial charge is 0.227 e. The highest BCUT2D eigenvalue weighted by atomic mass is 16.4. The van der Waals surface area contributed by atoms with Gasteiger partial charge in [-0.15, -0.1) is 0 Å². The van der Waals surface area contributed by atoms with E-state index in [4.69, 9.17) is 9.40 Å². The summed E-state index contributed by atoms with van der Waals surface area (Å²) in [7, 11) is 0. The molecular formula is C22H17NO. The summed E-state index contributed by atoms with van der Waals surface area (Å²) >= 11 is 0. The van der Waals surface area contributed by atoms with Crippen LogP contribution in [0.1, 0.15) is 5.56 Å². The fraction of sp³-hybridized carbons (Fsp3) is 0.0455. The lowest BCUT2D eigenvalue weighted by Crippen LogP contribution is -1.83. The number of nitrogens with zero attached hydrogens (tertiary/aromatic N) is 1. The Kier molecular flexibility index (Phi) is 3.72. The number of hydrogen-bond acceptors (Lipinski definition) is 2. The predicted molar refractivity (Wildman–Crippen MR) is 97.5 cm³/mol. The number of rotatable bonds is 3. The Balaban J connectivity index is 1.90. The Hall–Kier alpha value is -3.13. The third-order valence-corrected chi connectivity index (χ3v) is 4.01. The normalized spacial score (nSPS) is 10.7. The van der Waals surface area contributed by atoms with E-state index in [0.29, 0.717) is 5.89 Å². The van der Waals surface area contributed by atoms with Crippen LogP contribution in [0.3, 0.4) is 0 Å². The van der Waals surface area contributed by atoms with E-state index in [9.17, 15) is 0 Å². The van der Waals surface area contributed by atoms with Crippen LogP contribution in [0.15, 0.2) is 89.3 Å². The molecule has 116 valence electrons. The molecule has 3 aromatic carbocycles. The largest absolute Gasteiger partial charge is 0.435 e. The van der Waals surface area contributed by atoms with Crippen molar-refractivity contribution in [2.45, 2.75) is 6.92 Å². The highest BCUT2D eigenvalue weighted by Gasteiger charge is 2.17. The molecule has 0 saturated heterocycles. The minimum Gasteiger partial charge on any atom is -0.435 e. The summed E-state index contributed by atoms with van der Waals surface area (Å²) < 4.78 is 6.16. The summed E-state index contributed by atoms with van der Waals surface area (Å²) in [5.74, 6) is 1.45. The Bertz CT molecular complexity index is 938. The first-order valence-corrected chi connectivity index (χ1v) is 8.00. The van der Waals surface area contributed by atoms with Gasteiger partial charge < -0.3 is 4.42 Å². The fourth-order valence-corrected chi connectivity index (χ4v) is 2.72. The van der Waals surface area contributed by atoms with Crippen LogP contribution in [0.2, 0.25) is 0 Å². The molecule has 4 aromatic rings. The van der Waals surface area contributed by atoms with Gasteiger partial charge in [0.2, 0.25) is 5.89 Å². The second kappa shape index (κ2) is 6.17. The summed E-state index contributed by atoms with van der Waals surface area (Å²) in [4.78, 5) is 4.79. The number of oxazole rings is 1. The quantitative estimate of drug-likeness (QED) is 0.465. The van der Waals surface area contributed by atoms with Crippen LogP contribution in [-0.4, -0.2) is 4.98 Å². The molecule has 2 nitrogen and oxygen atoms in total. The molecule has 0 aliphatic heterocycles. The molecule has 0 aliphatic carbocycles. The van der Waals surface area contributed by atoms with Gasteiger partial charge in [0.1, 0.15) is 5.69 Å². The summed E-state index contributed by atoms with van der Waals surface area (Å²) in [6.45, 7) is 2.08. The average molecular weight is 311 g/mol. The molecule has 0 bridgehead atoms. The van der Waals surface area contributed by atoms with Gasteiger partial charge in [-0.2, -0.15) is 0 Å². The monoisotopic (exact) mass is 311 g/mol. The molecule has 0 radical (unpaired) electrons. The third kappa shape index (κ3) is 2.74. The van der Waals surface area contributed by atoms with Crippen molar-refractivity contribution in [1.29, 1.82) is 0 Å². The van der Waals surface area contributed by atoms with Crippen LogP contribution in [0.4, 0.5) is 0 Å². The van der Waals surface area contributed by atoms with Crippen LogP contribution in [-0.2, 0) is 0 Å². The van der Waals surface area contributed by atoms with Gasteiger partial charge in [0, 0.05) is 16.7 Å².